The molecule has 0 amide bonds. The van der Waals surface area contributed by atoms with Gasteiger partial charge in [0.15, 0.2) is 0 Å². The largest absolute Gasteiger partial charge is 0.417 e. The SMILES string of the molecule is FC(F)(F)c1ccc(N2CCOC(c3ccccc3Cl)C2)nc1. The molecular formula is C16H14ClF3N2O. The third-order valence-electron chi connectivity index (χ3n) is 3.72. The van der Waals surface area contributed by atoms with Gasteiger partial charge >= 0.3 is 6.18 Å². The number of hydrogen-bond donors (Lipinski definition) is 0. The van der Waals surface area contributed by atoms with Crippen LogP contribution in [0.25, 0.3) is 0 Å². The molecule has 1 aromatic carbocycles. The highest BCUT2D eigenvalue weighted by Gasteiger charge is 2.31. The number of alkyl halides is 3. The van der Waals surface area contributed by atoms with E-state index in [0.717, 1.165) is 17.8 Å². The molecule has 0 N–H and O–H groups in total. The monoisotopic (exact) mass is 342 g/mol. The lowest BCUT2D eigenvalue weighted by Crippen LogP contribution is -2.39. The Labute approximate surface area is 136 Å². The van der Waals surface area contributed by atoms with Gasteiger partial charge in [-0.05, 0) is 18.2 Å². The zero-order valence-corrected chi connectivity index (χ0v) is 12.8. The fourth-order valence-corrected chi connectivity index (χ4v) is 2.78. The van der Waals surface area contributed by atoms with Gasteiger partial charge in [0.05, 0.1) is 12.2 Å². The maximum atomic E-state index is 12.6. The molecule has 1 aromatic heterocycles. The first-order chi connectivity index (χ1) is 10.9. The fraction of sp³-hybridized carbons (Fsp3) is 0.312. The molecule has 1 atom stereocenters. The number of nitrogens with zero attached hydrogens (tertiary/aromatic N) is 2. The molecule has 0 radical (unpaired) electrons. The molecule has 23 heavy (non-hydrogen) atoms. The number of benzene rings is 1. The molecular weight excluding hydrogens is 329 g/mol. The number of aromatic nitrogens is 1. The van der Waals surface area contributed by atoms with E-state index in [2.05, 4.69) is 4.98 Å². The number of ether oxygens (including phenoxy) is 1. The summed E-state index contributed by atoms with van der Waals surface area (Å²) in [4.78, 5) is 5.84. The van der Waals surface area contributed by atoms with Crippen molar-refractivity contribution in [3.8, 4) is 0 Å². The third-order valence-corrected chi connectivity index (χ3v) is 4.06. The van der Waals surface area contributed by atoms with Gasteiger partial charge in [0.25, 0.3) is 0 Å². The summed E-state index contributed by atoms with van der Waals surface area (Å²) in [6.07, 6.45) is -3.76. The number of pyridine rings is 1. The van der Waals surface area contributed by atoms with Crippen molar-refractivity contribution < 1.29 is 17.9 Å². The lowest BCUT2D eigenvalue weighted by Gasteiger charge is -2.34. The van der Waals surface area contributed by atoms with Crippen molar-refractivity contribution in [1.29, 1.82) is 0 Å². The maximum absolute atomic E-state index is 12.6. The highest BCUT2D eigenvalue weighted by Crippen LogP contribution is 2.32. The van der Waals surface area contributed by atoms with Gasteiger partial charge in [0, 0.05) is 29.9 Å². The van der Waals surface area contributed by atoms with Gasteiger partial charge < -0.3 is 9.64 Å². The summed E-state index contributed by atoms with van der Waals surface area (Å²) < 4.78 is 43.5. The molecule has 0 bridgehead atoms. The van der Waals surface area contributed by atoms with Gasteiger partial charge in [-0.2, -0.15) is 13.2 Å². The van der Waals surface area contributed by atoms with Gasteiger partial charge in [0.1, 0.15) is 11.9 Å². The lowest BCUT2D eigenvalue weighted by atomic mass is 10.1. The Balaban J connectivity index is 1.77. The van der Waals surface area contributed by atoms with E-state index in [1.807, 2.05) is 23.1 Å². The first kappa shape index (κ1) is 16.1. The van der Waals surface area contributed by atoms with Gasteiger partial charge in [-0.1, -0.05) is 29.8 Å². The van der Waals surface area contributed by atoms with Crippen molar-refractivity contribution >= 4 is 17.4 Å². The Morgan fingerprint density at radius 3 is 2.61 bits per heavy atom. The summed E-state index contributed by atoms with van der Waals surface area (Å²) in [5.41, 5.74) is 0.114. The molecule has 3 nitrogen and oxygen atoms in total. The van der Waals surface area contributed by atoms with E-state index in [9.17, 15) is 13.2 Å². The summed E-state index contributed by atoms with van der Waals surface area (Å²) in [6.45, 7) is 1.51. The van der Waals surface area contributed by atoms with E-state index in [-0.39, 0.29) is 6.10 Å². The van der Waals surface area contributed by atoms with Crippen LogP contribution >= 0.6 is 11.6 Å². The van der Waals surface area contributed by atoms with Crippen LogP contribution < -0.4 is 4.90 Å². The molecule has 7 heteroatoms. The molecule has 1 aliphatic rings. The first-order valence-corrected chi connectivity index (χ1v) is 7.47. The highest BCUT2D eigenvalue weighted by molar-refractivity contribution is 6.31. The average Bonchev–Trinajstić information content (AvgIpc) is 2.55. The number of hydrogen-bond acceptors (Lipinski definition) is 3. The molecule has 3 rings (SSSR count). The van der Waals surface area contributed by atoms with Gasteiger partial charge in [-0.15, -0.1) is 0 Å². The molecule has 0 spiro atoms. The molecule has 0 saturated carbocycles. The van der Waals surface area contributed by atoms with Crippen LogP contribution in [-0.4, -0.2) is 24.7 Å². The lowest BCUT2D eigenvalue weighted by molar-refractivity contribution is -0.137. The van der Waals surface area contributed by atoms with Crippen LogP contribution in [-0.2, 0) is 10.9 Å². The van der Waals surface area contributed by atoms with Crippen LogP contribution in [0.2, 0.25) is 5.02 Å². The highest BCUT2D eigenvalue weighted by atomic mass is 35.5. The Morgan fingerprint density at radius 1 is 1.17 bits per heavy atom. The van der Waals surface area contributed by atoms with Gasteiger partial charge in [-0.25, -0.2) is 4.98 Å². The van der Waals surface area contributed by atoms with Crippen molar-refractivity contribution in [2.45, 2.75) is 12.3 Å². The first-order valence-electron chi connectivity index (χ1n) is 7.09. The van der Waals surface area contributed by atoms with Crippen LogP contribution in [0.15, 0.2) is 42.6 Å². The molecule has 1 aliphatic heterocycles. The summed E-state index contributed by atoms with van der Waals surface area (Å²) in [6, 6.07) is 9.82. The quantitative estimate of drug-likeness (QED) is 0.812. The topological polar surface area (TPSA) is 25.4 Å². The predicted molar refractivity (Wildman–Crippen MR) is 81.6 cm³/mol. The van der Waals surface area contributed by atoms with Crippen LogP contribution in [0.4, 0.5) is 19.0 Å². The summed E-state index contributed by atoms with van der Waals surface area (Å²) in [5.74, 6) is 0.498. The molecule has 1 saturated heterocycles. The van der Waals surface area contributed by atoms with Gasteiger partial charge in [0.2, 0.25) is 0 Å². The zero-order valence-electron chi connectivity index (χ0n) is 12.1. The zero-order chi connectivity index (χ0) is 16.4. The van der Waals surface area contributed by atoms with E-state index >= 15 is 0 Å². The maximum Gasteiger partial charge on any atom is 0.417 e. The molecule has 1 fully saturated rings. The van der Waals surface area contributed by atoms with Gasteiger partial charge in [-0.3, -0.25) is 0 Å². The van der Waals surface area contributed by atoms with Crippen LogP contribution in [0.3, 0.4) is 0 Å². The summed E-state index contributed by atoms with van der Waals surface area (Å²) in [5, 5.41) is 0.611. The van der Waals surface area contributed by atoms with Crippen molar-refractivity contribution in [1.82, 2.24) is 4.98 Å². The average molecular weight is 343 g/mol. The fourth-order valence-electron chi connectivity index (χ4n) is 2.52. The smallest absolute Gasteiger partial charge is 0.370 e. The normalized spacial score (nSPS) is 19.0. The van der Waals surface area contributed by atoms with Crippen molar-refractivity contribution in [2.75, 3.05) is 24.6 Å². The van der Waals surface area contributed by atoms with E-state index < -0.39 is 11.7 Å². The minimum Gasteiger partial charge on any atom is -0.370 e. The Morgan fingerprint density at radius 2 is 1.96 bits per heavy atom. The van der Waals surface area contributed by atoms with E-state index in [1.165, 1.54) is 6.07 Å². The van der Waals surface area contributed by atoms with E-state index in [0.29, 0.717) is 30.5 Å². The standard InChI is InChI=1S/C16H14ClF3N2O/c17-13-4-2-1-3-12(13)14-10-22(7-8-23-14)15-6-5-11(9-21-15)16(18,19)20/h1-6,9,14H,7-8,10H2. The summed E-state index contributed by atoms with van der Waals surface area (Å²) >= 11 is 6.18. The second-order valence-electron chi connectivity index (χ2n) is 5.23. The molecule has 2 heterocycles. The molecule has 2 aromatic rings. The predicted octanol–water partition coefficient (Wildman–Crippen LogP) is 4.33. The molecule has 122 valence electrons. The third kappa shape index (κ3) is 3.59. The number of rotatable bonds is 2. The van der Waals surface area contributed by atoms with E-state index in [1.54, 1.807) is 6.07 Å². The Bertz CT molecular complexity index is 676. The number of morpholine rings is 1. The summed E-state index contributed by atoms with van der Waals surface area (Å²) in [7, 11) is 0. The number of halogens is 4. The van der Waals surface area contributed by atoms with Crippen molar-refractivity contribution in [3.05, 3.63) is 58.7 Å². The van der Waals surface area contributed by atoms with Crippen molar-refractivity contribution in [3.63, 3.8) is 0 Å². The Hall–Kier alpha value is -1.79. The minimum absolute atomic E-state index is 0.235. The Kier molecular flexibility index (Phi) is 4.46. The van der Waals surface area contributed by atoms with Crippen LogP contribution in [0, 0.1) is 0 Å². The molecule has 0 aliphatic carbocycles. The second-order valence-corrected chi connectivity index (χ2v) is 5.64. The molecule has 1 unspecified atom stereocenters. The minimum atomic E-state index is -4.38. The van der Waals surface area contributed by atoms with Crippen LogP contribution in [0.5, 0.6) is 0 Å². The second kappa shape index (κ2) is 6.37. The van der Waals surface area contributed by atoms with Crippen LogP contribution in [0.1, 0.15) is 17.2 Å². The van der Waals surface area contributed by atoms with Crippen molar-refractivity contribution in [2.24, 2.45) is 0 Å². The number of anilines is 1. The van der Waals surface area contributed by atoms with E-state index in [4.69, 9.17) is 16.3 Å².